The van der Waals surface area contributed by atoms with E-state index in [-0.39, 0.29) is 6.04 Å². The summed E-state index contributed by atoms with van der Waals surface area (Å²) >= 11 is 5.47. The fraction of sp³-hybridized carbons (Fsp3) is 0.250. The highest BCUT2D eigenvalue weighted by Crippen LogP contribution is 2.39. The van der Waals surface area contributed by atoms with Crippen molar-refractivity contribution in [3.8, 4) is 5.75 Å². The molecule has 1 heterocycles. The van der Waals surface area contributed by atoms with Crippen LogP contribution in [0.5, 0.6) is 5.75 Å². The molecule has 0 amide bonds. The van der Waals surface area contributed by atoms with Crippen LogP contribution < -0.4 is 15.4 Å². The summed E-state index contributed by atoms with van der Waals surface area (Å²) in [5, 5.41) is 7.51. The van der Waals surface area contributed by atoms with Crippen LogP contribution in [0.4, 0.5) is 0 Å². The van der Waals surface area contributed by atoms with Gasteiger partial charge in [0.2, 0.25) is 0 Å². The van der Waals surface area contributed by atoms with Crippen molar-refractivity contribution in [3.63, 3.8) is 0 Å². The van der Waals surface area contributed by atoms with Crippen LogP contribution in [0.15, 0.2) is 48.0 Å². The van der Waals surface area contributed by atoms with E-state index in [9.17, 15) is 0 Å². The van der Waals surface area contributed by atoms with Gasteiger partial charge in [0.1, 0.15) is 5.75 Å². The van der Waals surface area contributed by atoms with Crippen LogP contribution in [0, 0.1) is 6.92 Å². The van der Waals surface area contributed by atoms with E-state index < -0.39 is 0 Å². The predicted octanol–water partition coefficient (Wildman–Crippen LogP) is 3.88. The molecule has 4 rings (SSSR count). The molecule has 0 spiro atoms. The molecule has 1 atom stereocenters. The molecule has 0 bridgehead atoms. The van der Waals surface area contributed by atoms with Gasteiger partial charge >= 0.3 is 0 Å². The number of benzene rings is 2. The van der Waals surface area contributed by atoms with Crippen molar-refractivity contribution in [3.05, 3.63) is 70.3 Å². The summed E-state index contributed by atoms with van der Waals surface area (Å²) in [5.41, 5.74) is 7.61. The Labute approximate surface area is 147 Å². The summed E-state index contributed by atoms with van der Waals surface area (Å²) < 4.78 is 5.36. The molecule has 0 fully saturated rings. The highest BCUT2D eigenvalue weighted by Gasteiger charge is 2.30. The molecule has 0 unspecified atom stereocenters. The third-order valence-electron chi connectivity index (χ3n) is 4.84. The molecule has 122 valence electrons. The Hall–Kier alpha value is -2.33. The lowest BCUT2D eigenvalue weighted by atomic mass is 9.82. The molecule has 2 aromatic rings. The number of rotatable bonds is 2. The Morgan fingerprint density at radius 2 is 1.88 bits per heavy atom. The lowest BCUT2D eigenvalue weighted by Gasteiger charge is -2.36. The van der Waals surface area contributed by atoms with E-state index >= 15 is 0 Å². The Bertz CT molecular complexity index is 839. The van der Waals surface area contributed by atoms with Crippen molar-refractivity contribution in [2.24, 2.45) is 0 Å². The zero-order valence-corrected chi connectivity index (χ0v) is 14.7. The number of nitrogens with one attached hydrogen (secondary N) is 2. The Morgan fingerprint density at radius 1 is 1.08 bits per heavy atom. The standard InChI is InChI=1S/C20H20N2OS/c1-12-3-5-13(6-4-12)18-17-9-7-14-11-15(23-2)8-10-16(14)19(17)22-20(24)21-18/h3-6,8,10-11,18H,7,9H2,1-2H3,(H2,21,22,24)/t18-/m0/s1. The van der Waals surface area contributed by atoms with E-state index in [1.807, 2.05) is 6.07 Å². The van der Waals surface area contributed by atoms with Crippen LogP contribution in [0.1, 0.15) is 34.7 Å². The van der Waals surface area contributed by atoms with Crippen LogP contribution in [0.3, 0.4) is 0 Å². The van der Waals surface area contributed by atoms with Gasteiger partial charge < -0.3 is 15.4 Å². The second-order valence-corrected chi connectivity index (χ2v) is 6.77. The summed E-state index contributed by atoms with van der Waals surface area (Å²) in [6.45, 7) is 2.11. The largest absolute Gasteiger partial charge is 0.497 e. The van der Waals surface area contributed by atoms with Gasteiger partial charge in [-0.15, -0.1) is 0 Å². The molecule has 1 aliphatic carbocycles. The van der Waals surface area contributed by atoms with Crippen LogP contribution in [0.25, 0.3) is 5.70 Å². The minimum atomic E-state index is 0.143. The van der Waals surface area contributed by atoms with Gasteiger partial charge in [-0.25, -0.2) is 0 Å². The first-order chi connectivity index (χ1) is 11.7. The van der Waals surface area contributed by atoms with E-state index in [0.29, 0.717) is 5.11 Å². The van der Waals surface area contributed by atoms with Crippen LogP contribution in [-0.4, -0.2) is 12.2 Å². The zero-order valence-electron chi connectivity index (χ0n) is 13.8. The highest BCUT2D eigenvalue weighted by molar-refractivity contribution is 7.80. The maximum atomic E-state index is 5.47. The lowest BCUT2D eigenvalue weighted by Crippen LogP contribution is -2.44. The first kappa shape index (κ1) is 15.2. The minimum Gasteiger partial charge on any atom is -0.497 e. The minimum absolute atomic E-state index is 0.143. The molecule has 0 saturated heterocycles. The monoisotopic (exact) mass is 336 g/mol. The van der Waals surface area contributed by atoms with Crippen molar-refractivity contribution in [1.29, 1.82) is 0 Å². The maximum Gasteiger partial charge on any atom is 0.171 e. The predicted molar refractivity (Wildman–Crippen MR) is 101 cm³/mol. The second kappa shape index (κ2) is 5.95. The normalized spacial score (nSPS) is 19.1. The maximum absolute atomic E-state index is 5.47. The van der Waals surface area contributed by atoms with Crippen LogP contribution in [-0.2, 0) is 6.42 Å². The summed E-state index contributed by atoms with van der Waals surface area (Å²) in [7, 11) is 1.71. The van der Waals surface area contributed by atoms with E-state index in [4.69, 9.17) is 17.0 Å². The molecular formula is C20H20N2OS. The number of hydrogen-bond acceptors (Lipinski definition) is 2. The Balaban J connectivity index is 1.81. The van der Waals surface area contributed by atoms with Gasteiger partial charge in [-0.1, -0.05) is 29.8 Å². The molecule has 4 heteroatoms. The summed E-state index contributed by atoms with van der Waals surface area (Å²) in [6, 6.07) is 15.1. The Morgan fingerprint density at radius 3 is 2.62 bits per heavy atom. The van der Waals surface area contributed by atoms with E-state index in [2.05, 4.69) is 54.0 Å². The van der Waals surface area contributed by atoms with Gasteiger partial charge in [-0.05, 0) is 66.9 Å². The van der Waals surface area contributed by atoms with Gasteiger partial charge in [-0.3, -0.25) is 0 Å². The molecule has 0 saturated carbocycles. The molecule has 2 aliphatic rings. The summed E-state index contributed by atoms with van der Waals surface area (Å²) in [4.78, 5) is 0. The first-order valence-corrected chi connectivity index (χ1v) is 8.61. The smallest absolute Gasteiger partial charge is 0.171 e. The number of ether oxygens (including phenoxy) is 1. The molecule has 3 nitrogen and oxygen atoms in total. The van der Waals surface area contributed by atoms with Gasteiger partial charge in [0, 0.05) is 11.3 Å². The number of thiocarbonyl (C=S) groups is 1. The average molecular weight is 336 g/mol. The van der Waals surface area contributed by atoms with Crippen molar-refractivity contribution < 1.29 is 4.74 Å². The topological polar surface area (TPSA) is 33.3 Å². The molecule has 0 aromatic heterocycles. The molecule has 1 aliphatic heterocycles. The molecule has 2 aromatic carbocycles. The van der Waals surface area contributed by atoms with Crippen molar-refractivity contribution in [1.82, 2.24) is 10.6 Å². The lowest BCUT2D eigenvalue weighted by molar-refractivity contribution is 0.414. The Kier molecular flexibility index (Phi) is 3.77. The molecular weight excluding hydrogens is 316 g/mol. The fourth-order valence-electron chi connectivity index (χ4n) is 3.56. The quantitative estimate of drug-likeness (QED) is 0.816. The highest BCUT2D eigenvalue weighted by atomic mass is 32.1. The summed E-state index contributed by atoms with van der Waals surface area (Å²) in [6.07, 6.45) is 2.03. The number of aryl methyl sites for hydroxylation is 2. The van der Waals surface area contributed by atoms with Crippen LogP contribution >= 0.6 is 12.2 Å². The van der Waals surface area contributed by atoms with Crippen molar-refractivity contribution >= 4 is 23.0 Å². The second-order valence-electron chi connectivity index (χ2n) is 6.37. The summed E-state index contributed by atoms with van der Waals surface area (Å²) in [5.74, 6) is 0.907. The zero-order chi connectivity index (χ0) is 16.7. The third-order valence-corrected chi connectivity index (χ3v) is 5.06. The van der Waals surface area contributed by atoms with Gasteiger partial charge in [-0.2, -0.15) is 0 Å². The van der Waals surface area contributed by atoms with Gasteiger partial charge in [0.15, 0.2) is 5.11 Å². The number of hydrogen-bond donors (Lipinski definition) is 2. The average Bonchev–Trinajstić information content (AvgIpc) is 2.61. The van der Waals surface area contributed by atoms with E-state index in [0.717, 1.165) is 24.3 Å². The molecule has 2 N–H and O–H groups in total. The van der Waals surface area contributed by atoms with Crippen molar-refractivity contribution in [2.45, 2.75) is 25.8 Å². The van der Waals surface area contributed by atoms with E-state index in [1.165, 1.54) is 27.8 Å². The van der Waals surface area contributed by atoms with Gasteiger partial charge in [0.25, 0.3) is 0 Å². The SMILES string of the molecule is COc1ccc2c(c1)CCC1=C2NC(=S)N[C@H]1c1ccc(C)cc1. The van der Waals surface area contributed by atoms with E-state index in [1.54, 1.807) is 7.11 Å². The third kappa shape index (κ3) is 2.57. The number of methoxy groups -OCH3 is 1. The fourth-order valence-corrected chi connectivity index (χ4v) is 3.78. The first-order valence-electron chi connectivity index (χ1n) is 8.20. The van der Waals surface area contributed by atoms with Gasteiger partial charge in [0.05, 0.1) is 13.2 Å². The molecule has 24 heavy (non-hydrogen) atoms. The number of fused-ring (bicyclic) bond motifs is 2. The van der Waals surface area contributed by atoms with Crippen LogP contribution in [0.2, 0.25) is 0 Å². The van der Waals surface area contributed by atoms with Crippen molar-refractivity contribution in [2.75, 3.05) is 7.11 Å². The molecule has 0 radical (unpaired) electrons.